The van der Waals surface area contributed by atoms with Gasteiger partial charge in [-0.25, -0.2) is 9.98 Å². The fraction of sp³-hybridized carbons (Fsp3) is 0.714. The van der Waals surface area contributed by atoms with Crippen LogP contribution in [0.4, 0.5) is 0 Å². The Morgan fingerprint density at radius 2 is 2.45 bits per heavy atom. The van der Waals surface area contributed by atoms with Gasteiger partial charge in [-0.1, -0.05) is 0 Å². The molecule has 0 amide bonds. The molecule has 3 unspecified atom stereocenters. The van der Waals surface area contributed by atoms with E-state index in [9.17, 15) is 0 Å². The molecule has 3 rings (SSSR count). The Bertz CT molecular complexity index is 487. The third kappa shape index (κ3) is 3.12. The minimum Gasteiger partial charge on any atom is -0.373 e. The van der Waals surface area contributed by atoms with Gasteiger partial charge in [0.05, 0.1) is 29.8 Å². The molecule has 0 spiro atoms. The summed E-state index contributed by atoms with van der Waals surface area (Å²) >= 11 is 1.70. The van der Waals surface area contributed by atoms with E-state index in [2.05, 4.69) is 27.5 Å². The first-order valence-corrected chi connectivity index (χ1v) is 8.18. The Kier molecular flexibility index (Phi) is 4.21. The Balaban J connectivity index is 1.59. The maximum atomic E-state index is 5.88. The zero-order valence-corrected chi connectivity index (χ0v) is 12.9. The number of aliphatic imine (C=N–C) groups is 1. The Morgan fingerprint density at radius 3 is 3.05 bits per heavy atom. The number of aryl methyl sites for hydroxylation is 1. The van der Waals surface area contributed by atoms with E-state index in [4.69, 9.17) is 4.74 Å². The highest BCUT2D eigenvalue weighted by molar-refractivity contribution is 7.11. The second kappa shape index (κ2) is 6.10. The molecule has 110 valence electrons. The minimum atomic E-state index is 0.370. The van der Waals surface area contributed by atoms with Crippen molar-refractivity contribution in [2.45, 2.75) is 57.9 Å². The van der Waals surface area contributed by atoms with Gasteiger partial charge in [0.1, 0.15) is 0 Å². The Labute approximate surface area is 123 Å². The highest BCUT2D eigenvalue weighted by atomic mass is 32.1. The third-order valence-corrected chi connectivity index (χ3v) is 4.73. The van der Waals surface area contributed by atoms with Crippen LogP contribution in [0, 0.1) is 6.92 Å². The van der Waals surface area contributed by atoms with E-state index in [0.29, 0.717) is 24.8 Å². The first-order chi connectivity index (χ1) is 9.74. The molecule has 6 heteroatoms. The van der Waals surface area contributed by atoms with Gasteiger partial charge >= 0.3 is 0 Å². The predicted octanol–water partition coefficient (Wildman–Crippen LogP) is 1.83. The summed E-state index contributed by atoms with van der Waals surface area (Å²) < 4.78 is 5.88. The SMILES string of the molecule is CCNC(=NCc1cnc(C)s1)NC1CC2CCC1O2. The van der Waals surface area contributed by atoms with Gasteiger partial charge in [0, 0.05) is 17.6 Å². The molecule has 1 aromatic rings. The molecule has 20 heavy (non-hydrogen) atoms. The smallest absolute Gasteiger partial charge is 0.191 e. The van der Waals surface area contributed by atoms with Crippen molar-refractivity contribution < 1.29 is 4.74 Å². The van der Waals surface area contributed by atoms with E-state index in [-0.39, 0.29) is 0 Å². The van der Waals surface area contributed by atoms with Crippen LogP contribution in [-0.2, 0) is 11.3 Å². The molecule has 1 aromatic heterocycles. The number of aromatic nitrogens is 1. The molecule has 5 nitrogen and oxygen atoms in total. The van der Waals surface area contributed by atoms with Crippen molar-refractivity contribution in [3.05, 3.63) is 16.1 Å². The first-order valence-electron chi connectivity index (χ1n) is 7.36. The summed E-state index contributed by atoms with van der Waals surface area (Å²) in [5, 5.41) is 7.93. The number of nitrogens with zero attached hydrogens (tertiary/aromatic N) is 2. The molecule has 2 fully saturated rings. The molecule has 2 aliphatic rings. The summed E-state index contributed by atoms with van der Waals surface area (Å²) in [5.74, 6) is 0.889. The van der Waals surface area contributed by atoms with Crippen molar-refractivity contribution in [2.75, 3.05) is 6.54 Å². The normalized spacial score (nSPS) is 28.9. The molecule has 0 aliphatic carbocycles. The number of fused-ring (bicyclic) bond motifs is 2. The topological polar surface area (TPSA) is 58.5 Å². The van der Waals surface area contributed by atoms with E-state index in [1.807, 2.05) is 13.1 Å². The van der Waals surface area contributed by atoms with E-state index >= 15 is 0 Å². The molecule has 2 saturated heterocycles. The number of hydrogen-bond donors (Lipinski definition) is 2. The van der Waals surface area contributed by atoms with Gasteiger partial charge in [-0.3, -0.25) is 0 Å². The maximum absolute atomic E-state index is 5.88. The predicted molar refractivity (Wildman–Crippen MR) is 81.1 cm³/mol. The van der Waals surface area contributed by atoms with E-state index in [0.717, 1.165) is 23.9 Å². The van der Waals surface area contributed by atoms with Gasteiger partial charge in [-0.15, -0.1) is 11.3 Å². The monoisotopic (exact) mass is 294 g/mol. The highest BCUT2D eigenvalue weighted by Gasteiger charge is 2.41. The van der Waals surface area contributed by atoms with E-state index in [1.54, 1.807) is 11.3 Å². The number of nitrogens with one attached hydrogen (secondary N) is 2. The summed E-state index contributed by atoms with van der Waals surface area (Å²) in [6, 6.07) is 0.412. The second-order valence-corrected chi connectivity index (χ2v) is 6.72. The van der Waals surface area contributed by atoms with Crippen molar-refractivity contribution in [3.8, 4) is 0 Å². The number of rotatable bonds is 4. The molecule has 0 radical (unpaired) electrons. The molecule has 2 aliphatic heterocycles. The Morgan fingerprint density at radius 1 is 1.55 bits per heavy atom. The molecule has 2 bridgehead atoms. The third-order valence-electron chi connectivity index (χ3n) is 3.83. The van der Waals surface area contributed by atoms with Crippen LogP contribution in [-0.4, -0.2) is 35.7 Å². The fourth-order valence-electron chi connectivity index (χ4n) is 2.92. The second-order valence-electron chi connectivity index (χ2n) is 5.40. The van der Waals surface area contributed by atoms with Crippen LogP contribution in [0.2, 0.25) is 0 Å². The lowest BCUT2D eigenvalue weighted by atomic mass is 9.96. The number of hydrogen-bond acceptors (Lipinski definition) is 4. The fourth-order valence-corrected chi connectivity index (χ4v) is 3.64. The lowest BCUT2D eigenvalue weighted by molar-refractivity contribution is 0.0992. The number of ether oxygens (including phenoxy) is 1. The summed E-state index contributed by atoms with van der Waals surface area (Å²) in [4.78, 5) is 10.1. The average Bonchev–Trinajstić information content (AvgIpc) is 3.13. The van der Waals surface area contributed by atoms with Crippen LogP contribution in [0.1, 0.15) is 36.1 Å². The Hall–Kier alpha value is -1.14. The first kappa shape index (κ1) is 13.8. The van der Waals surface area contributed by atoms with E-state index in [1.165, 1.54) is 17.7 Å². The molecule has 0 saturated carbocycles. The van der Waals surface area contributed by atoms with Crippen molar-refractivity contribution >= 4 is 17.3 Å². The molecule has 0 aromatic carbocycles. The average molecular weight is 294 g/mol. The summed E-state index contributed by atoms with van der Waals surface area (Å²) in [6.45, 7) is 5.66. The zero-order valence-electron chi connectivity index (χ0n) is 12.1. The number of guanidine groups is 1. The molecular formula is C14H22N4OS. The molecular weight excluding hydrogens is 272 g/mol. The summed E-state index contributed by atoms with van der Waals surface area (Å²) in [5.41, 5.74) is 0. The van der Waals surface area contributed by atoms with Crippen LogP contribution in [0.5, 0.6) is 0 Å². The van der Waals surface area contributed by atoms with Crippen molar-refractivity contribution in [1.82, 2.24) is 15.6 Å². The van der Waals surface area contributed by atoms with Crippen molar-refractivity contribution in [2.24, 2.45) is 4.99 Å². The van der Waals surface area contributed by atoms with Gasteiger partial charge in [0.15, 0.2) is 5.96 Å². The zero-order chi connectivity index (χ0) is 13.9. The maximum Gasteiger partial charge on any atom is 0.191 e. The van der Waals surface area contributed by atoms with E-state index < -0.39 is 0 Å². The van der Waals surface area contributed by atoms with Gasteiger partial charge in [-0.05, 0) is 33.1 Å². The van der Waals surface area contributed by atoms with Crippen LogP contribution in [0.3, 0.4) is 0 Å². The van der Waals surface area contributed by atoms with Gasteiger partial charge < -0.3 is 15.4 Å². The largest absolute Gasteiger partial charge is 0.373 e. The quantitative estimate of drug-likeness (QED) is 0.657. The molecule has 3 heterocycles. The molecule has 3 atom stereocenters. The lowest BCUT2D eigenvalue weighted by Crippen LogP contribution is -2.47. The van der Waals surface area contributed by atoms with Gasteiger partial charge in [-0.2, -0.15) is 0 Å². The van der Waals surface area contributed by atoms with Crippen LogP contribution in [0.15, 0.2) is 11.2 Å². The van der Waals surface area contributed by atoms with Crippen LogP contribution in [0.25, 0.3) is 0 Å². The van der Waals surface area contributed by atoms with Gasteiger partial charge in [0.25, 0.3) is 0 Å². The van der Waals surface area contributed by atoms with Gasteiger partial charge in [0.2, 0.25) is 0 Å². The standard InChI is InChI=1S/C14H22N4OS/c1-3-15-14(17-8-11-7-16-9(2)20-11)18-12-6-10-4-5-13(12)19-10/h7,10,12-13H,3-6,8H2,1-2H3,(H2,15,17,18). The summed E-state index contributed by atoms with van der Waals surface area (Å²) in [7, 11) is 0. The minimum absolute atomic E-state index is 0.370. The number of thiazole rings is 1. The molecule has 2 N–H and O–H groups in total. The summed E-state index contributed by atoms with van der Waals surface area (Å²) in [6.07, 6.45) is 6.24. The van der Waals surface area contributed by atoms with Crippen molar-refractivity contribution in [1.29, 1.82) is 0 Å². The van der Waals surface area contributed by atoms with Crippen LogP contribution < -0.4 is 10.6 Å². The van der Waals surface area contributed by atoms with Crippen LogP contribution >= 0.6 is 11.3 Å². The lowest BCUT2D eigenvalue weighted by Gasteiger charge is -2.22. The highest BCUT2D eigenvalue weighted by Crippen LogP contribution is 2.34. The van der Waals surface area contributed by atoms with Crippen molar-refractivity contribution in [3.63, 3.8) is 0 Å².